The quantitative estimate of drug-likeness (QED) is 0.0272. The number of phosphoric ester groups is 1. The minimum atomic E-state index is -4.62. The van der Waals surface area contributed by atoms with Crippen LogP contribution in [0.2, 0.25) is 0 Å². The van der Waals surface area contributed by atoms with Crippen molar-refractivity contribution < 1.29 is 32.9 Å². The lowest BCUT2D eigenvalue weighted by molar-refractivity contribution is -0.870. The molecule has 3 unspecified atom stereocenters. The Kier molecular flexibility index (Phi) is 65.7. The average molecular weight is 1230 g/mol. The third-order valence-electron chi connectivity index (χ3n) is 16.9. The first-order valence-corrected chi connectivity index (χ1v) is 38.8. The molecule has 2 N–H and O–H groups in total. The van der Waals surface area contributed by atoms with Crippen molar-refractivity contribution in [3.63, 3.8) is 0 Å². The lowest BCUT2D eigenvalue weighted by Crippen LogP contribution is -2.45. The molecular weight excluding hydrogens is 1080 g/mol. The van der Waals surface area contributed by atoms with E-state index in [4.69, 9.17) is 9.05 Å². The Hall–Kier alpha value is -2.06. The molecular formula is C77H145N2O6P. The van der Waals surface area contributed by atoms with Gasteiger partial charge in [-0.2, -0.15) is 0 Å². The van der Waals surface area contributed by atoms with Gasteiger partial charge in [0, 0.05) is 6.42 Å². The summed E-state index contributed by atoms with van der Waals surface area (Å²) in [5.41, 5.74) is 0. The maximum absolute atomic E-state index is 13.0. The van der Waals surface area contributed by atoms with Crippen molar-refractivity contribution in [3.05, 3.63) is 72.9 Å². The van der Waals surface area contributed by atoms with Gasteiger partial charge in [0.15, 0.2) is 0 Å². The Labute approximate surface area is 535 Å². The van der Waals surface area contributed by atoms with E-state index in [2.05, 4.69) is 79.9 Å². The molecule has 0 rings (SSSR count). The summed E-state index contributed by atoms with van der Waals surface area (Å²) in [7, 11) is 1.24. The van der Waals surface area contributed by atoms with Crippen LogP contribution >= 0.6 is 7.82 Å². The van der Waals surface area contributed by atoms with Crippen molar-refractivity contribution in [1.29, 1.82) is 0 Å². The van der Waals surface area contributed by atoms with Crippen LogP contribution in [0.5, 0.6) is 0 Å². The van der Waals surface area contributed by atoms with Crippen molar-refractivity contribution in [2.75, 3.05) is 40.9 Å². The van der Waals surface area contributed by atoms with Gasteiger partial charge in [-0.1, -0.05) is 344 Å². The van der Waals surface area contributed by atoms with Crippen molar-refractivity contribution in [3.8, 4) is 0 Å². The molecule has 0 aromatic carbocycles. The number of phosphoric acid groups is 1. The molecule has 86 heavy (non-hydrogen) atoms. The summed E-state index contributed by atoms with van der Waals surface area (Å²) in [4.78, 5) is 25.7. The number of hydrogen-bond donors (Lipinski definition) is 2. The second-order valence-corrected chi connectivity index (χ2v) is 28.0. The van der Waals surface area contributed by atoms with E-state index in [9.17, 15) is 19.4 Å². The molecule has 0 saturated carbocycles. The predicted molar refractivity (Wildman–Crippen MR) is 376 cm³/mol. The second kappa shape index (κ2) is 67.3. The minimum absolute atomic E-state index is 0.00928. The topological polar surface area (TPSA) is 108 Å². The summed E-state index contributed by atoms with van der Waals surface area (Å²) in [6.45, 7) is 4.65. The summed E-state index contributed by atoms with van der Waals surface area (Å²) in [5, 5.41) is 13.9. The molecule has 0 spiro atoms. The number of aliphatic hydroxyl groups is 1. The Morgan fingerprint density at radius 1 is 0.407 bits per heavy atom. The van der Waals surface area contributed by atoms with Crippen LogP contribution in [0.25, 0.3) is 0 Å². The number of rotatable bonds is 69. The van der Waals surface area contributed by atoms with Crippen LogP contribution in [-0.4, -0.2) is 68.5 Å². The molecule has 0 radical (unpaired) electrons. The zero-order valence-corrected chi connectivity index (χ0v) is 58.7. The van der Waals surface area contributed by atoms with Crippen molar-refractivity contribution >= 4 is 13.7 Å². The fourth-order valence-electron chi connectivity index (χ4n) is 11.1. The molecule has 0 aliphatic heterocycles. The number of amides is 1. The molecule has 0 saturated heterocycles. The average Bonchev–Trinajstić information content (AvgIpc) is 3.70. The van der Waals surface area contributed by atoms with E-state index in [0.717, 1.165) is 57.8 Å². The molecule has 1 amide bonds. The van der Waals surface area contributed by atoms with Crippen molar-refractivity contribution in [2.24, 2.45) is 0 Å². The Morgan fingerprint density at radius 3 is 1.02 bits per heavy atom. The largest absolute Gasteiger partial charge is 0.756 e. The molecule has 8 nitrogen and oxygen atoms in total. The molecule has 0 fully saturated rings. The highest BCUT2D eigenvalue weighted by Crippen LogP contribution is 2.38. The van der Waals surface area contributed by atoms with E-state index in [1.807, 2.05) is 27.2 Å². The number of hydrogen-bond acceptors (Lipinski definition) is 6. The van der Waals surface area contributed by atoms with Crippen LogP contribution in [0.15, 0.2) is 72.9 Å². The summed E-state index contributed by atoms with van der Waals surface area (Å²) < 4.78 is 23.5. The molecule has 0 aromatic rings. The number of aliphatic hydroxyl groups excluding tert-OH is 1. The molecule has 504 valence electrons. The highest BCUT2D eigenvalue weighted by molar-refractivity contribution is 7.45. The van der Waals surface area contributed by atoms with Gasteiger partial charge in [-0.3, -0.25) is 9.36 Å². The lowest BCUT2D eigenvalue weighted by Gasteiger charge is -2.29. The number of carbonyl (C=O) groups is 1. The van der Waals surface area contributed by atoms with Crippen molar-refractivity contribution in [1.82, 2.24) is 5.32 Å². The van der Waals surface area contributed by atoms with Gasteiger partial charge >= 0.3 is 0 Å². The first-order chi connectivity index (χ1) is 42.0. The maximum Gasteiger partial charge on any atom is 0.268 e. The van der Waals surface area contributed by atoms with E-state index in [1.165, 1.54) is 283 Å². The summed E-state index contributed by atoms with van der Waals surface area (Å²) >= 11 is 0. The number of likely N-dealkylation sites (N-methyl/N-ethyl adjacent to an activating group) is 1. The second-order valence-electron chi connectivity index (χ2n) is 26.6. The fourth-order valence-corrected chi connectivity index (χ4v) is 11.8. The van der Waals surface area contributed by atoms with Crippen LogP contribution in [-0.2, 0) is 18.4 Å². The number of unbranched alkanes of at least 4 members (excludes halogenated alkanes) is 46. The number of allylic oxidation sites excluding steroid dienone is 11. The van der Waals surface area contributed by atoms with E-state index in [1.54, 1.807) is 6.08 Å². The highest BCUT2D eigenvalue weighted by Gasteiger charge is 2.23. The maximum atomic E-state index is 13.0. The monoisotopic (exact) mass is 1230 g/mol. The van der Waals surface area contributed by atoms with E-state index < -0.39 is 26.6 Å². The van der Waals surface area contributed by atoms with E-state index >= 15 is 0 Å². The van der Waals surface area contributed by atoms with Gasteiger partial charge in [-0.05, 0) is 83.5 Å². The van der Waals surface area contributed by atoms with E-state index in [-0.39, 0.29) is 12.5 Å². The van der Waals surface area contributed by atoms with Gasteiger partial charge in [0.25, 0.3) is 7.82 Å². The van der Waals surface area contributed by atoms with Gasteiger partial charge in [0.05, 0.1) is 39.9 Å². The third-order valence-corrected chi connectivity index (χ3v) is 17.8. The Balaban J connectivity index is 4.04. The van der Waals surface area contributed by atoms with Gasteiger partial charge < -0.3 is 28.8 Å². The standard InChI is InChI=1S/C77H145N2O6P/c1-6-8-10-12-14-16-18-20-22-24-26-28-30-32-34-35-36-37-38-39-40-41-42-43-45-47-49-51-53-55-57-59-61-63-65-67-69-71-77(81)78-75(74-85-86(82,83)84-73-72-79(3,4)5)76(80)70-68-66-64-62-60-58-56-54-52-50-48-46-44-33-31-29-27-25-23-21-19-17-15-13-11-9-7-2/h18,20,24,26,30,32,52,54,60,62,68,70,75-76,80H,6-17,19,21-23,25,27-29,31,33-51,53,55-59,61,63-67,69,71-74H2,1-5H3,(H-,78,81,82,83)/b20-18-,26-24-,32-30-,54-52+,62-60+,70-68+. The zero-order chi connectivity index (χ0) is 62.6. The van der Waals surface area contributed by atoms with E-state index in [0.29, 0.717) is 17.4 Å². The Morgan fingerprint density at radius 2 is 0.686 bits per heavy atom. The SMILES string of the molecule is CCCCCCC/C=C\C/C=C\C/C=C\CCCCCCCCCCCCCCCCCCCCCCCCC(=O)NC(COP(=O)([O-])OCC[N+](C)(C)C)C(O)/C=C/CC/C=C/CC/C=C/CCCCCCCCCCCCCCCCCCC. The zero-order valence-electron chi connectivity index (χ0n) is 57.8. The number of nitrogens with zero attached hydrogens (tertiary/aromatic N) is 1. The van der Waals surface area contributed by atoms with Crippen LogP contribution in [0, 0.1) is 0 Å². The fraction of sp³-hybridized carbons (Fsp3) is 0.831. The van der Waals surface area contributed by atoms with Crippen molar-refractivity contribution in [2.45, 2.75) is 373 Å². The minimum Gasteiger partial charge on any atom is -0.756 e. The van der Waals surface area contributed by atoms with Gasteiger partial charge in [-0.15, -0.1) is 0 Å². The summed E-state index contributed by atoms with van der Waals surface area (Å²) in [6.07, 6.45) is 94.8. The number of quaternary nitrogens is 1. The first kappa shape index (κ1) is 83.9. The molecule has 0 aromatic heterocycles. The van der Waals surface area contributed by atoms with Crippen LogP contribution in [0.1, 0.15) is 361 Å². The Bertz CT molecular complexity index is 1630. The molecule has 3 atom stereocenters. The normalized spacial score (nSPS) is 14.0. The molecule has 0 aliphatic carbocycles. The first-order valence-electron chi connectivity index (χ1n) is 37.3. The molecule has 9 heteroatoms. The van der Waals surface area contributed by atoms with Crippen LogP contribution in [0.4, 0.5) is 0 Å². The molecule has 0 bridgehead atoms. The molecule has 0 aliphatic rings. The van der Waals surface area contributed by atoms with Crippen LogP contribution in [0.3, 0.4) is 0 Å². The van der Waals surface area contributed by atoms with Crippen LogP contribution < -0.4 is 10.2 Å². The number of carbonyl (C=O) groups excluding carboxylic acids is 1. The smallest absolute Gasteiger partial charge is 0.268 e. The number of nitrogens with one attached hydrogen (secondary N) is 1. The summed E-state index contributed by atoms with van der Waals surface area (Å²) in [6, 6.07) is -0.913. The molecule has 0 heterocycles. The third kappa shape index (κ3) is 69.4. The van der Waals surface area contributed by atoms with Gasteiger partial charge in [0.1, 0.15) is 13.2 Å². The summed E-state index contributed by atoms with van der Waals surface area (Å²) in [5.74, 6) is -0.206. The van der Waals surface area contributed by atoms with Gasteiger partial charge in [-0.25, -0.2) is 0 Å². The van der Waals surface area contributed by atoms with Gasteiger partial charge in [0.2, 0.25) is 5.91 Å². The highest BCUT2D eigenvalue weighted by atomic mass is 31.2. The lowest BCUT2D eigenvalue weighted by atomic mass is 10.0. The predicted octanol–water partition coefficient (Wildman–Crippen LogP) is 23.5.